The molecule has 10 heteroatoms. The molecular formula is C18H26N8O2. The highest BCUT2D eigenvalue weighted by Gasteiger charge is 2.39. The molecule has 4 rings (SSSR count). The summed E-state index contributed by atoms with van der Waals surface area (Å²) in [6, 6.07) is 0.257. The zero-order chi connectivity index (χ0) is 19.3. The van der Waals surface area contributed by atoms with Crippen LogP contribution in [0.2, 0.25) is 0 Å². The Labute approximate surface area is 163 Å². The molecule has 0 N–H and O–H groups in total. The first-order chi connectivity index (χ1) is 13.7. The maximum absolute atomic E-state index is 12.6. The summed E-state index contributed by atoms with van der Waals surface area (Å²) >= 11 is 0. The van der Waals surface area contributed by atoms with E-state index in [1.807, 2.05) is 15.7 Å². The number of carbonyl (C=O) groups excluding carboxylic acids is 2. The predicted molar refractivity (Wildman–Crippen MR) is 98.7 cm³/mol. The molecular weight excluding hydrogens is 360 g/mol. The van der Waals surface area contributed by atoms with Crippen molar-refractivity contribution in [2.24, 2.45) is 5.92 Å². The van der Waals surface area contributed by atoms with E-state index in [4.69, 9.17) is 0 Å². The summed E-state index contributed by atoms with van der Waals surface area (Å²) in [6.07, 6.45) is 10.7. The maximum atomic E-state index is 12.6. The number of nitrogens with zero attached hydrogens (tertiary/aromatic N) is 8. The number of carbonyl (C=O) groups is 2. The molecule has 2 aromatic rings. The fourth-order valence-corrected chi connectivity index (χ4v) is 4.36. The Balaban J connectivity index is 1.29. The van der Waals surface area contributed by atoms with Gasteiger partial charge in [0.15, 0.2) is 0 Å². The summed E-state index contributed by atoms with van der Waals surface area (Å²) in [6.45, 7) is 3.58. The van der Waals surface area contributed by atoms with Gasteiger partial charge in [-0.25, -0.2) is 9.67 Å². The van der Waals surface area contributed by atoms with Gasteiger partial charge < -0.3 is 14.4 Å². The summed E-state index contributed by atoms with van der Waals surface area (Å²) in [7, 11) is 0. The molecule has 2 aromatic heterocycles. The predicted octanol–water partition coefficient (Wildman–Crippen LogP) is 0.190. The van der Waals surface area contributed by atoms with Gasteiger partial charge in [0.25, 0.3) is 0 Å². The third-order valence-electron chi connectivity index (χ3n) is 5.82. The topological polar surface area (TPSA) is 102 Å². The number of imidazole rings is 1. The van der Waals surface area contributed by atoms with Gasteiger partial charge in [0.1, 0.15) is 6.33 Å². The number of hydrogen-bond donors (Lipinski definition) is 0. The highest BCUT2D eigenvalue weighted by Crippen LogP contribution is 2.31. The molecule has 2 aliphatic rings. The van der Waals surface area contributed by atoms with Crippen LogP contribution >= 0.6 is 0 Å². The minimum absolute atomic E-state index is 0.137. The molecule has 150 valence electrons. The van der Waals surface area contributed by atoms with Crippen molar-refractivity contribution < 1.29 is 9.59 Å². The second-order valence-electron chi connectivity index (χ2n) is 7.56. The van der Waals surface area contributed by atoms with Crippen LogP contribution in [0.4, 0.5) is 0 Å². The fourth-order valence-electron chi connectivity index (χ4n) is 4.36. The normalized spacial score (nSPS) is 22.4. The van der Waals surface area contributed by atoms with E-state index in [0.717, 1.165) is 38.9 Å². The van der Waals surface area contributed by atoms with Crippen molar-refractivity contribution in [1.29, 1.82) is 0 Å². The number of rotatable bonds is 7. The van der Waals surface area contributed by atoms with Crippen LogP contribution in [-0.2, 0) is 22.7 Å². The van der Waals surface area contributed by atoms with Gasteiger partial charge in [0, 0.05) is 57.5 Å². The van der Waals surface area contributed by atoms with E-state index in [0.29, 0.717) is 31.8 Å². The van der Waals surface area contributed by atoms with E-state index >= 15 is 0 Å². The minimum Gasteiger partial charge on any atom is -0.342 e. The lowest BCUT2D eigenvalue weighted by Gasteiger charge is -2.47. The maximum Gasteiger partial charge on any atom is 0.224 e. The largest absolute Gasteiger partial charge is 0.342 e. The lowest BCUT2D eigenvalue weighted by Crippen LogP contribution is -2.57. The Morgan fingerprint density at radius 2 is 2.11 bits per heavy atom. The van der Waals surface area contributed by atoms with Gasteiger partial charge in [0.05, 0.1) is 12.9 Å². The number of hydrogen-bond acceptors (Lipinski definition) is 6. The highest BCUT2D eigenvalue weighted by atomic mass is 16.2. The molecule has 2 fully saturated rings. The Hall–Kier alpha value is -2.78. The van der Waals surface area contributed by atoms with Crippen LogP contribution in [0.3, 0.4) is 0 Å². The molecule has 0 spiro atoms. The standard InChI is InChI=1S/C18H26N8O2/c27-17(5-10-25-14-20-21-22-25)24-9-4-16-15(12-24)2-3-18(28)26(16)8-1-7-23-11-6-19-13-23/h6,11,13-16H,1-5,7-10,12H2/t15-,16+/m1/s1. The summed E-state index contributed by atoms with van der Waals surface area (Å²) in [5.74, 6) is 0.763. The average molecular weight is 386 g/mol. The zero-order valence-electron chi connectivity index (χ0n) is 15.9. The molecule has 0 aromatic carbocycles. The Morgan fingerprint density at radius 1 is 1.18 bits per heavy atom. The fraction of sp³-hybridized carbons (Fsp3) is 0.667. The first-order valence-corrected chi connectivity index (χ1v) is 9.94. The molecule has 2 aliphatic heterocycles. The lowest BCUT2D eigenvalue weighted by molar-refractivity contribution is -0.144. The average Bonchev–Trinajstić information content (AvgIpc) is 3.41. The molecule has 0 radical (unpaired) electrons. The van der Waals surface area contributed by atoms with E-state index in [-0.39, 0.29) is 17.9 Å². The molecule has 4 heterocycles. The third kappa shape index (κ3) is 4.20. The monoisotopic (exact) mass is 386 g/mol. The molecule has 0 saturated carbocycles. The third-order valence-corrected chi connectivity index (χ3v) is 5.82. The van der Waals surface area contributed by atoms with Crippen molar-refractivity contribution in [1.82, 2.24) is 39.6 Å². The van der Waals surface area contributed by atoms with Crippen LogP contribution in [0.15, 0.2) is 25.0 Å². The van der Waals surface area contributed by atoms with E-state index < -0.39 is 0 Å². The zero-order valence-corrected chi connectivity index (χ0v) is 15.9. The van der Waals surface area contributed by atoms with Crippen LogP contribution in [0.1, 0.15) is 32.1 Å². The van der Waals surface area contributed by atoms with Crippen LogP contribution < -0.4 is 0 Å². The molecule has 10 nitrogen and oxygen atoms in total. The number of amides is 2. The summed E-state index contributed by atoms with van der Waals surface area (Å²) in [5, 5.41) is 11.0. The van der Waals surface area contributed by atoms with Gasteiger partial charge >= 0.3 is 0 Å². The Bertz CT molecular complexity index is 776. The van der Waals surface area contributed by atoms with Crippen molar-refractivity contribution in [2.75, 3.05) is 19.6 Å². The first-order valence-electron chi connectivity index (χ1n) is 9.94. The summed E-state index contributed by atoms with van der Waals surface area (Å²) in [5.41, 5.74) is 0. The van der Waals surface area contributed by atoms with Crippen molar-refractivity contribution in [3.63, 3.8) is 0 Å². The second kappa shape index (κ2) is 8.49. The molecule has 2 amide bonds. The SMILES string of the molecule is O=C(CCn1cnnn1)N1CC[C@H]2[C@H](CCC(=O)N2CCCn2ccnc2)C1. The molecule has 2 atom stereocenters. The lowest BCUT2D eigenvalue weighted by atomic mass is 9.83. The van der Waals surface area contributed by atoms with Crippen LogP contribution in [-0.4, -0.2) is 77.0 Å². The Morgan fingerprint density at radius 3 is 2.89 bits per heavy atom. The van der Waals surface area contributed by atoms with Crippen LogP contribution in [0.25, 0.3) is 0 Å². The molecule has 0 aliphatic carbocycles. The van der Waals surface area contributed by atoms with E-state index in [1.165, 1.54) is 6.33 Å². The highest BCUT2D eigenvalue weighted by molar-refractivity contribution is 5.78. The van der Waals surface area contributed by atoms with Gasteiger partial charge in [-0.1, -0.05) is 0 Å². The van der Waals surface area contributed by atoms with E-state index in [2.05, 4.69) is 25.4 Å². The number of aromatic nitrogens is 6. The minimum atomic E-state index is 0.137. The summed E-state index contributed by atoms with van der Waals surface area (Å²) in [4.78, 5) is 33.1. The van der Waals surface area contributed by atoms with E-state index in [1.54, 1.807) is 17.2 Å². The summed E-state index contributed by atoms with van der Waals surface area (Å²) < 4.78 is 3.61. The van der Waals surface area contributed by atoms with E-state index in [9.17, 15) is 9.59 Å². The van der Waals surface area contributed by atoms with Crippen LogP contribution in [0, 0.1) is 5.92 Å². The quantitative estimate of drug-likeness (QED) is 0.673. The molecule has 2 saturated heterocycles. The number of likely N-dealkylation sites (tertiary alicyclic amines) is 2. The van der Waals surface area contributed by atoms with Crippen molar-refractivity contribution in [2.45, 2.75) is 51.2 Å². The second-order valence-corrected chi connectivity index (χ2v) is 7.56. The van der Waals surface area contributed by atoms with Gasteiger partial charge in [-0.05, 0) is 35.6 Å². The van der Waals surface area contributed by atoms with Gasteiger partial charge in [-0.15, -0.1) is 5.10 Å². The number of aryl methyl sites for hydroxylation is 2. The van der Waals surface area contributed by atoms with Crippen molar-refractivity contribution in [3.05, 3.63) is 25.0 Å². The number of piperidine rings is 2. The van der Waals surface area contributed by atoms with Gasteiger partial charge in [-0.3, -0.25) is 9.59 Å². The number of fused-ring (bicyclic) bond motifs is 1. The van der Waals surface area contributed by atoms with Crippen molar-refractivity contribution >= 4 is 11.8 Å². The molecule has 0 unspecified atom stereocenters. The number of tetrazole rings is 1. The Kier molecular flexibility index (Phi) is 5.63. The van der Waals surface area contributed by atoms with Gasteiger partial charge in [0.2, 0.25) is 11.8 Å². The smallest absolute Gasteiger partial charge is 0.224 e. The first kappa shape index (κ1) is 18.6. The van der Waals surface area contributed by atoms with Crippen molar-refractivity contribution in [3.8, 4) is 0 Å². The molecule has 0 bridgehead atoms. The molecule has 28 heavy (non-hydrogen) atoms. The van der Waals surface area contributed by atoms with Crippen LogP contribution in [0.5, 0.6) is 0 Å². The van der Waals surface area contributed by atoms with Gasteiger partial charge in [-0.2, -0.15) is 0 Å².